The van der Waals surface area contributed by atoms with E-state index in [9.17, 15) is 0 Å². The minimum atomic E-state index is -0.115. The summed E-state index contributed by atoms with van der Waals surface area (Å²) in [6.07, 6.45) is 8.83. The lowest BCUT2D eigenvalue weighted by molar-refractivity contribution is -0.0350. The van der Waals surface area contributed by atoms with Crippen molar-refractivity contribution in [2.45, 2.75) is 65.3 Å². The minimum absolute atomic E-state index is 0.115. The predicted molar refractivity (Wildman–Crippen MR) is 79.7 cm³/mol. The van der Waals surface area contributed by atoms with Gasteiger partial charge in [0.2, 0.25) is 0 Å². The summed E-state index contributed by atoms with van der Waals surface area (Å²) in [6, 6.07) is 2.36. The van der Waals surface area contributed by atoms with Gasteiger partial charge in [0.15, 0.2) is 0 Å². The van der Waals surface area contributed by atoms with E-state index in [0.717, 1.165) is 18.2 Å². The van der Waals surface area contributed by atoms with E-state index in [0.29, 0.717) is 5.92 Å². The fraction of sp³-hybridized carbons (Fsp3) is 0.867. The maximum atomic E-state index is 5.74. The molecule has 0 radical (unpaired) electrons. The number of terminal acetylenes is 1. The fourth-order valence-electron chi connectivity index (χ4n) is 3.36. The first-order chi connectivity index (χ1) is 8.37. The second-order valence-electron chi connectivity index (χ2n) is 6.38. The van der Waals surface area contributed by atoms with Crippen LogP contribution in [0.15, 0.2) is 0 Å². The van der Waals surface area contributed by atoms with E-state index in [2.05, 4.69) is 54.0 Å². The molecule has 0 aromatic carbocycles. The molecule has 0 aliphatic heterocycles. The van der Waals surface area contributed by atoms with Crippen molar-refractivity contribution in [3.8, 4) is 12.5 Å². The second kappa shape index (κ2) is 5.57. The van der Waals surface area contributed by atoms with Gasteiger partial charge in [-0.1, -0.05) is 52.8 Å². The molecule has 1 fully saturated rings. The van der Waals surface area contributed by atoms with Crippen LogP contribution in [0.4, 0.5) is 0 Å². The monoisotopic (exact) mass is 249 g/mol. The van der Waals surface area contributed by atoms with Gasteiger partial charge in [-0.25, -0.2) is 5.48 Å². The quantitative estimate of drug-likeness (QED) is 0.324. The van der Waals surface area contributed by atoms with Crippen LogP contribution in [0.3, 0.4) is 0 Å². The van der Waals surface area contributed by atoms with Crippen molar-refractivity contribution in [2.24, 2.45) is 17.3 Å². The molecule has 5 unspecified atom stereocenters. The Kier molecular flexibility index (Phi) is 4.78. The number of nitrogens with one attached hydrogen (secondary N) is 1. The van der Waals surface area contributed by atoms with Gasteiger partial charge in [0, 0.05) is 11.5 Å². The highest BCUT2D eigenvalue weighted by Crippen LogP contribution is 2.68. The lowest BCUT2D eigenvalue weighted by atomic mass is 9.72. The number of hydrogen-bond acceptors (Lipinski definition) is 2. The summed E-state index contributed by atoms with van der Waals surface area (Å²) < 4.78 is 0. The van der Waals surface area contributed by atoms with Gasteiger partial charge in [0.1, 0.15) is 13.4 Å². The normalized spacial score (nSPS) is 37.7. The summed E-state index contributed by atoms with van der Waals surface area (Å²) in [4.78, 5) is 5.74. The maximum Gasteiger partial charge on any atom is 0.105 e. The Hall–Kier alpha value is -0.615. The Morgan fingerprint density at radius 2 is 2.06 bits per heavy atom. The van der Waals surface area contributed by atoms with Crippen LogP contribution in [0.2, 0.25) is 5.82 Å². The SMILES string of the molecule is BC(CC1C(C)(CC)C1(C)ONC#C)C(C)CC. The molecule has 0 saturated heterocycles. The zero-order valence-electron chi connectivity index (χ0n) is 12.8. The molecule has 18 heavy (non-hydrogen) atoms. The molecule has 0 heterocycles. The van der Waals surface area contributed by atoms with Crippen molar-refractivity contribution < 1.29 is 4.84 Å². The van der Waals surface area contributed by atoms with Crippen molar-refractivity contribution in [1.82, 2.24) is 5.48 Å². The van der Waals surface area contributed by atoms with E-state index in [4.69, 9.17) is 11.3 Å². The van der Waals surface area contributed by atoms with Crippen LogP contribution in [0.5, 0.6) is 0 Å². The molecule has 0 bridgehead atoms. The molecule has 1 aliphatic rings. The second-order valence-corrected chi connectivity index (χ2v) is 6.38. The maximum absolute atomic E-state index is 5.74. The molecule has 1 saturated carbocycles. The molecule has 1 aliphatic carbocycles. The summed E-state index contributed by atoms with van der Waals surface area (Å²) in [5.41, 5.74) is 2.75. The van der Waals surface area contributed by atoms with Gasteiger partial charge < -0.3 is 0 Å². The first kappa shape index (κ1) is 15.4. The standard InChI is InChI=1S/C15H28BNO/c1-7-11(4)12(16)10-13-14(5,8-2)15(13,6)18-17-9-3/h3,11-13,17H,7-8,10,16H2,1-2,4-6H3. The molecule has 102 valence electrons. The molecule has 0 amide bonds. The Bertz CT molecular complexity index is 327. The summed E-state index contributed by atoms with van der Waals surface area (Å²) in [5.74, 6) is 2.11. The summed E-state index contributed by atoms with van der Waals surface area (Å²) >= 11 is 0. The van der Waals surface area contributed by atoms with Gasteiger partial charge >= 0.3 is 0 Å². The first-order valence-corrected chi connectivity index (χ1v) is 7.25. The van der Waals surface area contributed by atoms with Crippen LogP contribution >= 0.6 is 0 Å². The van der Waals surface area contributed by atoms with E-state index >= 15 is 0 Å². The summed E-state index contributed by atoms with van der Waals surface area (Å²) in [7, 11) is 2.36. The predicted octanol–water partition coefficient (Wildman–Crippen LogP) is 2.76. The highest BCUT2D eigenvalue weighted by molar-refractivity contribution is 6.11. The first-order valence-electron chi connectivity index (χ1n) is 7.25. The van der Waals surface area contributed by atoms with Crippen molar-refractivity contribution in [3.05, 3.63) is 0 Å². The van der Waals surface area contributed by atoms with Gasteiger partial charge in [-0.2, -0.15) is 0 Å². The number of hydroxylamine groups is 1. The molecule has 1 rings (SSSR count). The van der Waals surface area contributed by atoms with Crippen LogP contribution in [-0.2, 0) is 4.84 Å². The topological polar surface area (TPSA) is 21.3 Å². The van der Waals surface area contributed by atoms with Crippen LogP contribution < -0.4 is 5.48 Å². The Labute approximate surface area is 114 Å². The molecule has 5 atom stereocenters. The molecule has 0 aromatic heterocycles. The summed E-state index contributed by atoms with van der Waals surface area (Å²) in [6.45, 7) is 11.4. The average molecular weight is 249 g/mol. The van der Waals surface area contributed by atoms with Crippen molar-refractivity contribution in [1.29, 1.82) is 0 Å². The molecule has 0 spiro atoms. The Balaban J connectivity index is 2.68. The van der Waals surface area contributed by atoms with Crippen molar-refractivity contribution in [3.63, 3.8) is 0 Å². The average Bonchev–Trinajstić information content (AvgIpc) is 2.84. The third-order valence-electron chi connectivity index (χ3n) is 5.76. The van der Waals surface area contributed by atoms with Gasteiger partial charge in [0.25, 0.3) is 0 Å². The van der Waals surface area contributed by atoms with Crippen LogP contribution in [0.1, 0.15) is 53.9 Å². The third-order valence-corrected chi connectivity index (χ3v) is 5.76. The van der Waals surface area contributed by atoms with Gasteiger partial charge in [-0.05, 0) is 25.2 Å². The lowest BCUT2D eigenvalue weighted by Gasteiger charge is -2.19. The zero-order valence-corrected chi connectivity index (χ0v) is 12.8. The Morgan fingerprint density at radius 1 is 1.44 bits per heavy atom. The smallest absolute Gasteiger partial charge is 0.105 e. The Morgan fingerprint density at radius 3 is 2.50 bits per heavy atom. The van der Waals surface area contributed by atoms with E-state index in [1.54, 1.807) is 0 Å². The number of rotatable bonds is 7. The lowest BCUT2D eigenvalue weighted by Crippen LogP contribution is -2.25. The van der Waals surface area contributed by atoms with Crippen LogP contribution in [-0.4, -0.2) is 13.4 Å². The van der Waals surface area contributed by atoms with Crippen molar-refractivity contribution >= 4 is 7.85 Å². The molecular weight excluding hydrogens is 221 g/mol. The summed E-state index contributed by atoms with van der Waals surface area (Å²) in [5, 5.41) is 0. The third kappa shape index (κ3) is 2.40. The largest absolute Gasteiger partial charge is 0.261 e. The van der Waals surface area contributed by atoms with E-state index < -0.39 is 0 Å². The van der Waals surface area contributed by atoms with Gasteiger partial charge in [0.05, 0.1) is 0 Å². The van der Waals surface area contributed by atoms with E-state index in [1.807, 2.05) is 0 Å². The van der Waals surface area contributed by atoms with Crippen molar-refractivity contribution in [2.75, 3.05) is 0 Å². The number of hydrogen-bond donors (Lipinski definition) is 1. The molecule has 1 N–H and O–H groups in total. The molecule has 0 aromatic rings. The van der Waals surface area contributed by atoms with Crippen LogP contribution in [0, 0.1) is 29.7 Å². The fourth-order valence-corrected chi connectivity index (χ4v) is 3.36. The van der Waals surface area contributed by atoms with Gasteiger partial charge in [-0.3, -0.25) is 4.84 Å². The zero-order chi connectivity index (χ0) is 14.0. The molecule has 2 nitrogen and oxygen atoms in total. The highest BCUT2D eigenvalue weighted by atomic mass is 16.7. The van der Waals surface area contributed by atoms with E-state index in [1.165, 1.54) is 12.8 Å². The minimum Gasteiger partial charge on any atom is -0.261 e. The highest BCUT2D eigenvalue weighted by Gasteiger charge is 2.71. The van der Waals surface area contributed by atoms with Crippen LogP contribution in [0.25, 0.3) is 0 Å². The molecule has 3 heteroatoms. The van der Waals surface area contributed by atoms with E-state index in [-0.39, 0.29) is 11.0 Å². The molecular formula is C15H28BNO. The van der Waals surface area contributed by atoms with Gasteiger partial charge in [-0.15, -0.1) is 0 Å².